The molecule has 0 aliphatic carbocycles. The molecule has 0 fully saturated rings. The third-order valence-electron chi connectivity index (χ3n) is 2.95. The summed E-state index contributed by atoms with van der Waals surface area (Å²) in [7, 11) is 0. The van der Waals surface area contributed by atoms with E-state index in [4.69, 9.17) is 19.9 Å². The van der Waals surface area contributed by atoms with Gasteiger partial charge in [-0.25, -0.2) is 0 Å². The molecule has 3 N–H and O–H groups in total. The highest BCUT2D eigenvalue weighted by Crippen LogP contribution is 2.32. The minimum Gasteiger partial charge on any atom is -0.490 e. The lowest BCUT2D eigenvalue weighted by atomic mass is 10.3. The number of hydrogen-bond donors (Lipinski definition) is 2. The van der Waals surface area contributed by atoms with Crippen molar-refractivity contribution < 1.29 is 14.2 Å². The van der Waals surface area contributed by atoms with Gasteiger partial charge in [-0.3, -0.25) is 4.99 Å². The molecule has 7 heteroatoms. The van der Waals surface area contributed by atoms with Crippen molar-refractivity contribution in [2.75, 3.05) is 38.3 Å². The number of nitrogens with one attached hydrogen (secondary N) is 1. The van der Waals surface area contributed by atoms with E-state index in [1.165, 1.54) is 0 Å². The Hall–Kier alpha value is -1.22. The highest BCUT2D eigenvalue weighted by atomic mass is 127. The Morgan fingerprint density at radius 3 is 2.86 bits per heavy atom. The number of anilines is 1. The minimum atomic E-state index is 0. The standard InChI is InChI=1S/C15H23N3O3.HI/c1-2-19-8-3-7-17-15(16)18-12-5-6-13-14(11-12)21-10-4-9-20-13;/h5-6,11H,2-4,7-10H2,1H3,(H3,16,17,18);1H. The highest BCUT2D eigenvalue weighted by Gasteiger charge is 2.10. The summed E-state index contributed by atoms with van der Waals surface area (Å²) in [5, 5.41) is 3.05. The Balaban J connectivity index is 0.00000242. The van der Waals surface area contributed by atoms with Crippen LogP contribution in [-0.4, -0.2) is 38.9 Å². The first kappa shape index (κ1) is 18.8. The number of guanidine groups is 1. The van der Waals surface area contributed by atoms with Gasteiger partial charge in [-0.05, 0) is 25.5 Å². The topological polar surface area (TPSA) is 78.1 Å². The lowest BCUT2D eigenvalue weighted by Crippen LogP contribution is -2.23. The quantitative estimate of drug-likeness (QED) is 0.320. The first-order valence-corrected chi connectivity index (χ1v) is 7.34. The number of ether oxygens (including phenoxy) is 3. The van der Waals surface area contributed by atoms with E-state index in [1.54, 1.807) is 0 Å². The zero-order valence-electron chi connectivity index (χ0n) is 12.8. The number of hydrogen-bond acceptors (Lipinski definition) is 4. The monoisotopic (exact) mass is 421 g/mol. The Labute approximate surface area is 148 Å². The van der Waals surface area contributed by atoms with Gasteiger partial charge in [-0.2, -0.15) is 0 Å². The molecule has 0 spiro atoms. The molecule has 0 atom stereocenters. The van der Waals surface area contributed by atoms with Crippen LogP contribution < -0.4 is 20.5 Å². The van der Waals surface area contributed by atoms with Crippen LogP contribution >= 0.6 is 24.0 Å². The van der Waals surface area contributed by atoms with Crippen molar-refractivity contribution in [3.63, 3.8) is 0 Å². The first-order chi connectivity index (χ1) is 10.3. The zero-order chi connectivity index (χ0) is 14.9. The molecule has 0 saturated carbocycles. The van der Waals surface area contributed by atoms with Crippen LogP contribution in [0, 0.1) is 0 Å². The summed E-state index contributed by atoms with van der Waals surface area (Å²) in [6.45, 7) is 5.40. The van der Waals surface area contributed by atoms with Crippen molar-refractivity contribution in [2.45, 2.75) is 19.8 Å². The van der Waals surface area contributed by atoms with Gasteiger partial charge >= 0.3 is 0 Å². The molecule has 6 nitrogen and oxygen atoms in total. The van der Waals surface area contributed by atoms with E-state index in [9.17, 15) is 0 Å². The summed E-state index contributed by atoms with van der Waals surface area (Å²) in [6.07, 6.45) is 1.75. The normalized spacial score (nSPS) is 14.0. The fourth-order valence-corrected chi connectivity index (χ4v) is 1.94. The summed E-state index contributed by atoms with van der Waals surface area (Å²) in [4.78, 5) is 4.25. The van der Waals surface area contributed by atoms with Crippen LogP contribution in [0.4, 0.5) is 5.69 Å². The van der Waals surface area contributed by atoms with Crippen molar-refractivity contribution in [1.82, 2.24) is 0 Å². The molecule has 1 aromatic rings. The molecule has 0 aromatic heterocycles. The van der Waals surface area contributed by atoms with Crippen molar-refractivity contribution in [1.29, 1.82) is 0 Å². The second-order valence-corrected chi connectivity index (χ2v) is 4.65. The maximum absolute atomic E-state index is 5.85. The number of halogens is 1. The molecule has 0 unspecified atom stereocenters. The summed E-state index contributed by atoms with van der Waals surface area (Å²) in [6, 6.07) is 5.66. The average Bonchev–Trinajstić information content (AvgIpc) is 2.72. The minimum absolute atomic E-state index is 0. The summed E-state index contributed by atoms with van der Waals surface area (Å²) in [5.41, 5.74) is 6.69. The number of benzene rings is 1. The van der Waals surface area contributed by atoms with Gasteiger partial charge in [0.15, 0.2) is 17.5 Å². The van der Waals surface area contributed by atoms with Crippen LogP contribution in [-0.2, 0) is 4.74 Å². The van der Waals surface area contributed by atoms with Crippen LogP contribution in [0.15, 0.2) is 23.2 Å². The van der Waals surface area contributed by atoms with Gasteiger partial charge in [0.25, 0.3) is 0 Å². The molecule has 0 saturated heterocycles. The fraction of sp³-hybridized carbons (Fsp3) is 0.533. The fourth-order valence-electron chi connectivity index (χ4n) is 1.94. The molecule has 1 aliphatic rings. The van der Waals surface area contributed by atoms with E-state index in [-0.39, 0.29) is 24.0 Å². The molecule has 0 radical (unpaired) electrons. The maximum Gasteiger partial charge on any atom is 0.193 e. The number of rotatable bonds is 6. The molecule has 1 aliphatic heterocycles. The number of nitrogens with two attached hydrogens (primary N) is 1. The van der Waals surface area contributed by atoms with E-state index < -0.39 is 0 Å². The molecule has 0 amide bonds. The Kier molecular flexibility index (Phi) is 8.98. The molecule has 22 heavy (non-hydrogen) atoms. The second kappa shape index (κ2) is 10.5. The SMILES string of the molecule is CCOCCCN=C(N)Nc1ccc2c(c1)OCCCO2.I. The van der Waals surface area contributed by atoms with E-state index in [0.29, 0.717) is 32.3 Å². The average molecular weight is 421 g/mol. The third kappa shape index (κ3) is 6.27. The summed E-state index contributed by atoms with van der Waals surface area (Å²) >= 11 is 0. The van der Waals surface area contributed by atoms with Gasteiger partial charge in [0.2, 0.25) is 0 Å². The number of fused-ring (bicyclic) bond motifs is 1. The smallest absolute Gasteiger partial charge is 0.193 e. The maximum atomic E-state index is 5.85. The largest absolute Gasteiger partial charge is 0.490 e. The van der Waals surface area contributed by atoms with Crippen molar-refractivity contribution in [3.05, 3.63) is 18.2 Å². The lowest BCUT2D eigenvalue weighted by Gasteiger charge is -2.10. The van der Waals surface area contributed by atoms with Crippen LogP contribution in [0.3, 0.4) is 0 Å². The van der Waals surface area contributed by atoms with Gasteiger partial charge in [0.05, 0.1) is 13.2 Å². The van der Waals surface area contributed by atoms with Gasteiger partial charge in [-0.15, -0.1) is 24.0 Å². The lowest BCUT2D eigenvalue weighted by molar-refractivity contribution is 0.146. The molecule has 2 rings (SSSR count). The van der Waals surface area contributed by atoms with Crippen LogP contribution in [0.2, 0.25) is 0 Å². The van der Waals surface area contributed by atoms with Crippen molar-refractivity contribution in [2.24, 2.45) is 10.7 Å². The predicted molar refractivity (Wildman–Crippen MR) is 98.7 cm³/mol. The molecule has 124 valence electrons. The number of aliphatic imine (C=N–C) groups is 1. The third-order valence-corrected chi connectivity index (χ3v) is 2.95. The molecule has 1 aromatic carbocycles. The summed E-state index contributed by atoms with van der Waals surface area (Å²) < 4.78 is 16.5. The molecule has 0 bridgehead atoms. The van der Waals surface area contributed by atoms with Gasteiger partial charge in [0, 0.05) is 37.9 Å². The van der Waals surface area contributed by atoms with E-state index in [2.05, 4.69) is 10.3 Å². The summed E-state index contributed by atoms with van der Waals surface area (Å²) in [5.74, 6) is 1.90. The van der Waals surface area contributed by atoms with Crippen LogP contribution in [0.25, 0.3) is 0 Å². The van der Waals surface area contributed by atoms with Crippen molar-refractivity contribution >= 4 is 35.6 Å². The van der Waals surface area contributed by atoms with Crippen molar-refractivity contribution in [3.8, 4) is 11.5 Å². The molecular formula is C15H24IN3O3. The molecular weight excluding hydrogens is 397 g/mol. The van der Waals surface area contributed by atoms with Crippen LogP contribution in [0.1, 0.15) is 19.8 Å². The predicted octanol–water partition coefficient (Wildman–Crippen LogP) is 2.62. The Bertz CT molecular complexity index is 483. The van der Waals surface area contributed by atoms with E-state index in [0.717, 1.165) is 36.6 Å². The first-order valence-electron chi connectivity index (χ1n) is 7.34. The Morgan fingerprint density at radius 1 is 1.32 bits per heavy atom. The van der Waals surface area contributed by atoms with E-state index in [1.807, 2.05) is 25.1 Å². The molecule has 1 heterocycles. The Morgan fingerprint density at radius 2 is 2.09 bits per heavy atom. The number of nitrogens with zero attached hydrogens (tertiary/aromatic N) is 1. The van der Waals surface area contributed by atoms with E-state index >= 15 is 0 Å². The zero-order valence-corrected chi connectivity index (χ0v) is 15.2. The van der Waals surface area contributed by atoms with Gasteiger partial charge in [0.1, 0.15) is 0 Å². The highest BCUT2D eigenvalue weighted by molar-refractivity contribution is 14.0. The van der Waals surface area contributed by atoms with Gasteiger partial charge in [-0.1, -0.05) is 0 Å². The van der Waals surface area contributed by atoms with Gasteiger partial charge < -0.3 is 25.3 Å². The van der Waals surface area contributed by atoms with Crippen LogP contribution in [0.5, 0.6) is 11.5 Å². The second-order valence-electron chi connectivity index (χ2n) is 4.65.